The molecule has 0 heterocycles. The second-order valence-electron chi connectivity index (χ2n) is 3.09. The van der Waals surface area contributed by atoms with Crippen LogP contribution in [0.4, 0.5) is 0 Å². The van der Waals surface area contributed by atoms with Crippen molar-refractivity contribution in [1.29, 1.82) is 0 Å². The van der Waals surface area contributed by atoms with E-state index < -0.39 is 0 Å². The minimum absolute atomic E-state index is 0.617. The first kappa shape index (κ1) is 10.4. The van der Waals surface area contributed by atoms with Crippen LogP contribution in [-0.4, -0.2) is 5.75 Å². The van der Waals surface area contributed by atoms with Crippen LogP contribution in [0.15, 0.2) is 41.3 Å². The van der Waals surface area contributed by atoms with E-state index in [0.717, 1.165) is 5.75 Å². The van der Waals surface area contributed by atoms with E-state index in [2.05, 4.69) is 30.8 Å². The molecule has 0 unspecified atom stereocenters. The number of benzene rings is 1. The molecule has 2 N–H and O–H groups in total. The summed E-state index contributed by atoms with van der Waals surface area (Å²) >= 11 is 1.81. The summed E-state index contributed by atoms with van der Waals surface area (Å²) in [6.07, 6.45) is 0. The molecule has 2 heteroatoms. The van der Waals surface area contributed by atoms with Gasteiger partial charge in [-0.05, 0) is 24.6 Å². The van der Waals surface area contributed by atoms with Crippen LogP contribution in [0.3, 0.4) is 0 Å². The van der Waals surface area contributed by atoms with Gasteiger partial charge in [0, 0.05) is 17.2 Å². The van der Waals surface area contributed by atoms with Gasteiger partial charge in [0.2, 0.25) is 0 Å². The molecule has 70 valence electrons. The molecular formula is C11H15NS. The summed E-state index contributed by atoms with van der Waals surface area (Å²) in [5, 5.41) is 0. The van der Waals surface area contributed by atoms with Crippen molar-refractivity contribution < 1.29 is 0 Å². The molecule has 1 aromatic carbocycles. The first-order valence-corrected chi connectivity index (χ1v) is 5.27. The third kappa shape index (κ3) is 3.66. The van der Waals surface area contributed by atoms with Gasteiger partial charge in [0.25, 0.3) is 0 Å². The third-order valence-electron chi connectivity index (χ3n) is 1.64. The maximum absolute atomic E-state index is 5.50. The van der Waals surface area contributed by atoms with Crippen LogP contribution >= 0.6 is 11.8 Å². The van der Waals surface area contributed by atoms with Crippen LogP contribution in [-0.2, 0) is 6.54 Å². The highest BCUT2D eigenvalue weighted by Crippen LogP contribution is 2.19. The van der Waals surface area contributed by atoms with Crippen molar-refractivity contribution >= 4 is 11.8 Å². The Bertz CT molecular complexity index is 277. The monoisotopic (exact) mass is 193 g/mol. The Labute approximate surface area is 84.0 Å². The van der Waals surface area contributed by atoms with Crippen molar-refractivity contribution in [1.82, 2.24) is 0 Å². The Balaban J connectivity index is 2.54. The van der Waals surface area contributed by atoms with Crippen molar-refractivity contribution in [2.24, 2.45) is 5.73 Å². The number of rotatable bonds is 4. The molecular weight excluding hydrogens is 178 g/mol. The zero-order chi connectivity index (χ0) is 9.68. The summed E-state index contributed by atoms with van der Waals surface area (Å²) in [6.45, 7) is 6.52. The van der Waals surface area contributed by atoms with Gasteiger partial charge in [0.1, 0.15) is 0 Å². The van der Waals surface area contributed by atoms with Crippen molar-refractivity contribution in [2.45, 2.75) is 18.4 Å². The van der Waals surface area contributed by atoms with Gasteiger partial charge in [-0.1, -0.05) is 24.3 Å². The first-order valence-electron chi connectivity index (χ1n) is 4.28. The normalized spacial score (nSPS) is 10.0. The van der Waals surface area contributed by atoms with Gasteiger partial charge >= 0.3 is 0 Å². The van der Waals surface area contributed by atoms with E-state index in [0.29, 0.717) is 6.54 Å². The van der Waals surface area contributed by atoms with E-state index in [1.54, 1.807) is 0 Å². The average molecular weight is 193 g/mol. The van der Waals surface area contributed by atoms with E-state index in [4.69, 9.17) is 5.73 Å². The van der Waals surface area contributed by atoms with Crippen LogP contribution in [0.25, 0.3) is 0 Å². The molecule has 0 aliphatic carbocycles. The van der Waals surface area contributed by atoms with E-state index in [-0.39, 0.29) is 0 Å². The van der Waals surface area contributed by atoms with Gasteiger partial charge < -0.3 is 5.73 Å². The van der Waals surface area contributed by atoms with Gasteiger partial charge in [0.05, 0.1) is 0 Å². The lowest BCUT2D eigenvalue weighted by Gasteiger charge is -2.01. The van der Waals surface area contributed by atoms with Gasteiger partial charge in [-0.25, -0.2) is 0 Å². The SMILES string of the molecule is C=C(C)CSc1ccc(CN)cc1. The molecule has 0 saturated carbocycles. The highest BCUT2D eigenvalue weighted by molar-refractivity contribution is 7.99. The quantitative estimate of drug-likeness (QED) is 0.588. The van der Waals surface area contributed by atoms with Crippen molar-refractivity contribution in [3.05, 3.63) is 42.0 Å². The predicted octanol–water partition coefficient (Wildman–Crippen LogP) is 2.81. The summed E-state index contributed by atoms with van der Waals surface area (Å²) < 4.78 is 0. The maximum atomic E-state index is 5.50. The van der Waals surface area contributed by atoms with Crippen molar-refractivity contribution in [2.75, 3.05) is 5.75 Å². The van der Waals surface area contributed by atoms with Gasteiger partial charge in [0.15, 0.2) is 0 Å². The number of thioether (sulfide) groups is 1. The smallest absolute Gasteiger partial charge is 0.0185 e. The van der Waals surface area contributed by atoms with Gasteiger partial charge in [-0.2, -0.15) is 0 Å². The second-order valence-corrected chi connectivity index (χ2v) is 4.14. The third-order valence-corrected chi connectivity index (χ3v) is 2.89. The summed E-state index contributed by atoms with van der Waals surface area (Å²) in [6, 6.07) is 8.35. The highest BCUT2D eigenvalue weighted by atomic mass is 32.2. The molecule has 1 rings (SSSR count). The molecule has 0 atom stereocenters. The highest BCUT2D eigenvalue weighted by Gasteiger charge is 1.94. The minimum Gasteiger partial charge on any atom is -0.326 e. The standard InChI is InChI=1S/C11H15NS/c1-9(2)8-13-11-5-3-10(7-12)4-6-11/h3-6H,1,7-8,12H2,2H3. The summed E-state index contributed by atoms with van der Waals surface area (Å²) in [4.78, 5) is 1.28. The van der Waals surface area contributed by atoms with Crippen LogP contribution in [0.5, 0.6) is 0 Å². The maximum Gasteiger partial charge on any atom is 0.0185 e. The molecule has 0 radical (unpaired) electrons. The van der Waals surface area contributed by atoms with Crippen LogP contribution in [0, 0.1) is 0 Å². The Morgan fingerprint density at radius 1 is 1.38 bits per heavy atom. The Kier molecular flexibility index (Phi) is 4.06. The fourth-order valence-electron chi connectivity index (χ4n) is 0.928. The van der Waals surface area contributed by atoms with Gasteiger partial charge in [-0.15, -0.1) is 11.8 Å². The van der Waals surface area contributed by atoms with E-state index >= 15 is 0 Å². The molecule has 0 bridgehead atoms. The van der Waals surface area contributed by atoms with Crippen molar-refractivity contribution in [3.63, 3.8) is 0 Å². The molecule has 0 fully saturated rings. The largest absolute Gasteiger partial charge is 0.326 e. The molecule has 0 aliphatic heterocycles. The molecule has 1 aromatic rings. The summed E-state index contributed by atoms with van der Waals surface area (Å²) in [5.41, 5.74) is 7.88. The number of nitrogens with two attached hydrogens (primary N) is 1. The lowest BCUT2D eigenvalue weighted by atomic mass is 10.2. The molecule has 0 saturated heterocycles. The number of hydrogen-bond donors (Lipinski definition) is 1. The van der Waals surface area contributed by atoms with Crippen molar-refractivity contribution in [3.8, 4) is 0 Å². The molecule has 13 heavy (non-hydrogen) atoms. The Morgan fingerprint density at radius 3 is 2.46 bits per heavy atom. The zero-order valence-electron chi connectivity index (χ0n) is 7.92. The van der Waals surface area contributed by atoms with Gasteiger partial charge in [-0.3, -0.25) is 0 Å². The topological polar surface area (TPSA) is 26.0 Å². The minimum atomic E-state index is 0.617. The fraction of sp³-hybridized carbons (Fsp3) is 0.273. The summed E-state index contributed by atoms with van der Waals surface area (Å²) in [7, 11) is 0. The second kappa shape index (κ2) is 5.10. The molecule has 0 amide bonds. The lowest BCUT2D eigenvalue weighted by Crippen LogP contribution is -1.94. The van der Waals surface area contributed by atoms with E-state index in [1.807, 2.05) is 18.7 Å². The summed E-state index contributed by atoms with van der Waals surface area (Å²) in [5.74, 6) is 0.988. The van der Waals surface area contributed by atoms with E-state index in [1.165, 1.54) is 16.0 Å². The first-order chi connectivity index (χ1) is 6.22. The number of hydrogen-bond acceptors (Lipinski definition) is 2. The average Bonchev–Trinajstić information content (AvgIpc) is 2.15. The molecule has 0 spiro atoms. The van der Waals surface area contributed by atoms with Crippen LogP contribution in [0.1, 0.15) is 12.5 Å². The van der Waals surface area contributed by atoms with E-state index in [9.17, 15) is 0 Å². The Hall–Kier alpha value is -0.730. The Morgan fingerprint density at radius 2 is 2.00 bits per heavy atom. The molecule has 0 aromatic heterocycles. The molecule has 0 aliphatic rings. The lowest BCUT2D eigenvalue weighted by molar-refractivity contribution is 1.07. The molecule has 1 nitrogen and oxygen atoms in total. The van der Waals surface area contributed by atoms with Crippen LogP contribution < -0.4 is 5.73 Å². The zero-order valence-corrected chi connectivity index (χ0v) is 8.73. The predicted molar refractivity (Wildman–Crippen MR) is 59.9 cm³/mol. The fourth-order valence-corrected chi connectivity index (χ4v) is 1.67. The van der Waals surface area contributed by atoms with Crippen LogP contribution in [0.2, 0.25) is 0 Å².